The highest BCUT2D eigenvalue weighted by Gasteiger charge is 2.15. The highest BCUT2D eigenvalue weighted by molar-refractivity contribution is 7.12. The molecule has 0 radical (unpaired) electrons. The Balaban J connectivity index is 0.00000169. The third-order valence-corrected chi connectivity index (χ3v) is 2.64. The smallest absolute Gasteiger partial charge is 0.350 e. The van der Waals surface area contributed by atoms with Crippen LogP contribution in [0.4, 0.5) is 5.69 Å². The van der Waals surface area contributed by atoms with Crippen molar-refractivity contribution in [1.82, 2.24) is 0 Å². The lowest BCUT2D eigenvalue weighted by atomic mass is 10.3. The van der Waals surface area contributed by atoms with Gasteiger partial charge >= 0.3 is 5.97 Å². The Labute approximate surface area is 93.7 Å². The summed E-state index contributed by atoms with van der Waals surface area (Å²) in [7, 11) is 0. The van der Waals surface area contributed by atoms with Crippen LogP contribution >= 0.6 is 23.7 Å². The van der Waals surface area contributed by atoms with Gasteiger partial charge in [-0.15, -0.1) is 23.7 Å². The van der Waals surface area contributed by atoms with Crippen LogP contribution in [0.5, 0.6) is 0 Å². The molecule has 0 saturated heterocycles. The fraction of sp³-hybridized carbons (Fsp3) is 0.444. The van der Waals surface area contributed by atoms with E-state index in [9.17, 15) is 4.79 Å². The number of carbonyl (C=O) groups excluding carboxylic acids is 1. The fourth-order valence-corrected chi connectivity index (χ4v) is 1.73. The summed E-state index contributed by atoms with van der Waals surface area (Å²) in [6.07, 6.45) is -0.102. The standard InChI is InChI=1S/C9H13NO2S.ClH/c1-5(2)12-9(11)8-7(10)6(3)4-13-8;/h4-5H,10H2,1-3H3;1H. The first-order valence-corrected chi connectivity index (χ1v) is 4.95. The molecule has 1 rings (SSSR count). The van der Waals surface area contributed by atoms with E-state index in [0.29, 0.717) is 10.6 Å². The quantitative estimate of drug-likeness (QED) is 0.802. The van der Waals surface area contributed by atoms with Crippen molar-refractivity contribution >= 4 is 35.4 Å². The van der Waals surface area contributed by atoms with Gasteiger partial charge in [0.25, 0.3) is 0 Å². The molecule has 3 nitrogen and oxygen atoms in total. The number of rotatable bonds is 2. The Bertz CT molecular complexity index is 323. The average Bonchev–Trinajstić information content (AvgIpc) is 2.31. The van der Waals surface area contributed by atoms with Crippen molar-refractivity contribution in [3.05, 3.63) is 15.8 Å². The van der Waals surface area contributed by atoms with Gasteiger partial charge in [0.05, 0.1) is 11.8 Å². The Morgan fingerprint density at radius 2 is 2.14 bits per heavy atom. The third kappa shape index (κ3) is 2.89. The molecule has 0 spiro atoms. The fourth-order valence-electron chi connectivity index (χ4n) is 0.879. The molecular formula is C9H14ClNO2S. The molecule has 14 heavy (non-hydrogen) atoms. The van der Waals surface area contributed by atoms with Gasteiger partial charge < -0.3 is 10.5 Å². The van der Waals surface area contributed by atoms with E-state index in [1.807, 2.05) is 26.2 Å². The molecule has 0 aliphatic heterocycles. The monoisotopic (exact) mass is 235 g/mol. The number of nitrogens with two attached hydrogens (primary N) is 1. The van der Waals surface area contributed by atoms with Gasteiger partial charge in [-0.3, -0.25) is 0 Å². The molecule has 0 atom stereocenters. The van der Waals surface area contributed by atoms with Crippen molar-refractivity contribution in [2.24, 2.45) is 0 Å². The predicted molar refractivity (Wildman–Crippen MR) is 61.3 cm³/mol. The van der Waals surface area contributed by atoms with Gasteiger partial charge in [-0.2, -0.15) is 0 Å². The van der Waals surface area contributed by atoms with Crippen LogP contribution in [0.25, 0.3) is 0 Å². The minimum atomic E-state index is -0.328. The van der Waals surface area contributed by atoms with Gasteiger partial charge in [0.2, 0.25) is 0 Å². The van der Waals surface area contributed by atoms with Crippen molar-refractivity contribution in [2.45, 2.75) is 26.9 Å². The Morgan fingerprint density at radius 1 is 1.57 bits per heavy atom. The molecule has 0 aliphatic carbocycles. The minimum Gasteiger partial charge on any atom is -0.459 e. The molecule has 5 heteroatoms. The maximum absolute atomic E-state index is 11.4. The third-order valence-electron chi connectivity index (χ3n) is 1.55. The number of hydrogen-bond acceptors (Lipinski definition) is 4. The van der Waals surface area contributed by atoms with Crippen LogP contribution in [0.2, 0.25) is 0 Å². The normalized spacial score (nSPS) is 9.71. The molecule has 0 fully saturated rings. The summed E-state index contributed by atoms with van der Waals surface area (Å²) in [5, 5.41) is 1.85. The van der Waals surface area contributed by atoms with Gasteiger partial charge in [0.15, 0.2) is 0 Å². The first-order chi connectivity index (χ1) is 6.02. The molecule has 0 saturated carbocycles. The largest absolute Gasteiger partial charge is 0.459 e. The molecule has 0 bridgehead atoms. The Hall–Kier alpha value is -0.740. The number of aryl methyl sites for hydroxylation is 1. The lowest BCUT2D eigenvalue weighted by Gasteiger charge is -2.06. The van der Waals surface area contributed by atoms with Gasteiger partial charge in [-0.1, -0.05) is 0 Å². The van der Waals surface area contributed by atoms with E-state index in [-0.39, 0.29) is 24.5 Å². The second kappa shape index (κ2) is 5.22. The molecular weight excluding hydrogens is 222 g/mol. The molecule has 1 aromatic rings. The number of carbonyl (C=O) groups is 1. The number of anilines is 1. The van der Waals surface area contributed by atoms with Crippen LogP contribution < -0.4 is 5.73 Å². The van der Waals surface area contributed by atoms with Crippen molar-refractivity contribution < 1.29 is 9.53 Å². The number of hydrogen-bond donors (Lipinski definition) is 1. The first kappa shape index (κ1) is 13.3. The molecule has 2 N–H and O–H groups in total. The molecule has 0 amide bonds. The van der Waals surface area contributed by atoms with E-state index < -0.39 is 0 Å². The zero-order valence-corrected chi connectivity index (χ0v) is 10.00. The molecule has 0 aliphatic rings. The summed E-state index contributed by atoms with van der Waals surface area (Å²) in [4.78, 5) is 11.9. The maximum Gasteiger partial charge on any atom is 0.350 e. The van der Waals surface area contributed by atoms with Crippen LogP contribution in [-0.4, -0.2) is 12.1 Å². The summed E-state index contributed by atoms with van der Waals surface area (Å²) < 4.78 is 5.02. The molecule has 80 valence electrons. The first-order valence-electron chi connectivity index (χ1n) is 4.07. The van der Waals surface area contributed by atoms with E-state index in [1.54, 1.807) is 0 Å². The summed E-state index contributed by atoms with van der Waals surface area (Å²) in [5.74, 6) is -0.328. The topological polar surface area (TPSA) is 52.3 Å². The van der Waals surface area contributed by atoms with Crippen LogP contribution in [0, 0.1) is 6.92 Å². The van der Waals surface area contributed by atoms with E-state index >= 15 is 0 Å². The number of halogens is 1. The molecule has 0 unspecified atom stereocenters. The summed E-state index contributed by atoms with van der Waals surface area (Å²) in [6.45, 7) is 5.50. The highest BCUT2D eigenvalue weighted by atomic mass is 35.5. The minimum absolute atomic E-state index is 0. The number of esters is 1. The van der Waals surface area contributed by atoms with Crippen molar-refractivity contribution in [3.63, 3.8) is 0 Å². The Morgan fingerprint density at radius 3 is 2.50 bits per heavy atom. The van der Waals surface area contributed by atoms with E-state index in [0.717, 1.165) is 5.56 Å². The van der Waals surface area contributed by atoms with Gasteiger partial charge in [0.1, 0.15) is 4.88 Å². The Kier molecular flexibility index (Phi) is 4.94. The van der Waals surface area contributed by atoms with Crippen LogP contribution in [-0.2, 0) is 4.74 Å². The SMILES string of the molecule is Cc1csc(C(=O)OC(C)C)c1N.Cl. The van der Waals surface area contributed by atoms with Crippen molar-refractivity contribution in [1.29, 1.82) is 0 Å². The van der Waals surface area contributed by atoms with Gasteiger partial charge in [-0.25, -0.2) is 4.79 Å². The van der Waals surface area contributed by atoms with Gasteiger partial charge in [-0.05, 0) is 31.7 Å². The van der Waals surface area contributed by atoms with Crippen molar-refractivity contribution in [3.8, 4) is 0 Å². The van der Waals surface area contributed by atoms with Crippen molar-refractivity contribution in [2.75, 3.05) is 5.73 Å². The van der Waals surface area contributed by atoms with Gasteiger partial charge in [0, 0.05) is 0 Å². The maximum atomic E-state index is 11.4. The number of nitrogen functional groups attached to an aromatic ring is 1. The zero-order chi connectivity index (χ0) is 10.0. The summed E-state index contributed by atoms with van der Waals surface area (Å²) in [5.41, 5.74) is 7.16. The molecule has 1 heterocycles. The second-order valence-electron chi connectivity index (χ2n) is 3.12. The average molecular weight is 236 g/mol. The summed E-state index contributed by atoms with van der Waals surface area (Å²) in [6, 6.07) is 0. The lowest BCUT2D eigenvalue weighted by molar-refractivity contribution is 0.0385. The van der Waals surface area contributed by atoms with E-state index in [2.05, 4.69) is 0 Å². The highest BCUT2D eigenvalue weighted by Crippen LogP contribution is 2.25. The number of ether oxygens (including phenoxy) is 1. The van der Waals surface area contributed by atoms with Crippen LogP contribution in [0.3, 0.4) is 0 Å². The van der Waals surface area contributed by atoms with Crippen LogP contribution in [0.15, 0.2) is 5.38 Å². The van der Waals surface area contributed by atoms with E-state index in [4.69, 9.17) is 10.5 Å². The predicted octanol–water partition coefficient (Wildman–Crippen LogP) is 2.63. The molecule has 0 aromatic carbocycles. The zero-order valence-electron chi connectivity index (χ0n) is 8.37. The van der Waals surface area contributed by atoms with E-state index in [1.165, 1.54) is 11.3 Å². The number of thiophene rings is 1. The lowest BCUT2D eigenvalue weighted by Crippen LogP contribution is -2.11. The summed E-state index contributed by atoms with van der Waals surface area (Å²) >= 11 is 1.33. The molecule has 1 aromatic heterocycles. The second-order valence-corrected chi connectivity index (χ2v) is 4.00. The van der Waals surface area contributed by atoms with Crippen LogP contribution in [0.1, 0.15) is 29.1 Å².